The Morgan fingerprint density at radius 1 is 1.30 bits per heavy atom. The fourth-order valence-electron chi connectivity index (χ4n) is 2.12. The number of carbonyl (C=O) groups is 2. The second-order valence-electron chi connectivity index (χ2n) is 5.88. The lowest BCUT2D eigenvalue weighted by atomic mass is 10.0. The van der Waals surface area contributed by atoms with Gasteiger partial charge in [0.05, 0.1) is 4.88 Å². The van der Waals surface area contributed by atoms with Gasteiger partial charge in [-0.3, -0.25) is 14.9 Å². The van der Waals surface area contributed by atoms with E-state index < -0.39 is 6.04 Å². The maximum absolute atomic E-state index is 12.5. The first-order chi connectivity index (χ1) is 11.0. The Morgan fingerprint density at radius 3 is 2.70 bits per heavy atom. The molecule has 0 bridgehead atoms. The third kappa shape index (κ3) is 3.94. The number of anilines is 1. The van der Waals surface area contributed by atoms with E-state index >= 15 is 0 Å². The van der Waals surface area contributed by atoms with Crippen LogP contribution in [0.15, 0.2) is 17.5 Å². The average molecular weight is 350 g/mol. The number of nitrogens with zero attached hydrogens (tertiary/aromatic N) is 2. The molecule has 2 aromatic heterocycles. The molecule has 2 amide bonds. The third-order valence-electron chi connectivity index (χ3n) is 3.58. The third-order valence-corrected chi connectivity index (χ3v) is 5.45. The zero-order valence-electron chi connectivity index (χ0n) is 12.9. The van der Waals surface area contributed by atoms with Gasteiger partial charge in [0.1, 0.15) is 11.0 Å². The molecular formula is C15H18N4O2S2. The Bertz CT molecular complexity index is 692. The van der Waals surface area contributed by atoms with Gasteiger partial charge < -0.3 is 5.32 Å². The number of carbonyl (C=O) groups excluding carboxylic acids is 2. The van der Waals surface area contributed by atoms with E-state index in [4.69, 9.17) is 0 Å². The lowest BCUT2D eigenvalue weighted by Crippen LogP contribution is -2.46. The summed E-state index contributed by atoms with van der Waals surface area (Å²) in [5.41, 5.74) is 0. The van der Waals surface area contributed by atoms with Crippen LogP contribution in [0, 0.1) is 5.92 Å². The Balaban J connectivity index is 1.64. The van der Waals surface area contributed by atoms with Crippen LogP contribution in [-0.4, -0.2) is 28.1 Å². The van der Waals surface area contributed by atoms with Crippen molar-refractivity contribution in [3.63, 3.8) is 0 Å². The molecule has 1 aliphatic rings. The zero-order chi connectivity index (χ0) is 16.4. The van der Waals surface area contributed by atoms with Gasteiger partial charge >= 0.3 is 0 Å². The second-order valence-corrected chi connectivity index (χ2v) is 7.84. The molecule has 8 heteroatoms. The first kappa shape index (κ1) is 16.1. The van der Waals surface area contributed by atoms with E-state index in [1.807, 2.05) is 25.3 Å². The van der Waals surface area contributed by atoms with Crippen LogP contribution in [0.3, 0.4) is 0 Å². The minimum atomic E-state index is -0.613. The summed E-state index contributed by atoms with van der Waals surface area (Å²) < 4.78 is 0. The van der Waals surface area contributed by atoms with Crippen molar-refractivity contribution in [1.29, 1.82) is 0 Å². The van der Waals surface area contributed by atoms with Gasteiger partial charge in [-0.05, 0) is 30.2 Å². The topological polar surface area (TPSA) is 84.0 Å². The smallest absolute Gasteiger partial charge is 0.262 e. The molecule has 1 fully saturated rings. The minimum Gasteiger partial charge on any atom is -0.339 e. The van der Waals surface area contributed by atoms with Gasteiger partial charge in [0, 0.05) is 5.92 Å². The molecule has 1 saturated carbocycles. The molecule has 0 aromatic carbocycles. The highest BCUT2D eigenvalue weighted by Crippen LogP contribution is 2.42. The average Bonchev–Trinajstić information content (AvgIpc) is 3.02. The van der Waals surface area contributed by atoms with Crippen molar-refractivity contribution in [2.75, 3.05) is 5.32 Å². The maximum atomic E-state index is 12.5. The standard InChI is InChI=1S/C15H18N4O2S2/c1-8(2)11(16-12(20)10-4-3-7-22-10)13(21)17-15-19-18-14(23-15)9-5-6-9/h3-4,7-9,11H,5-6H2,1-2H3,(H,16,20)(H,17,19,21). The van der Waals surface area contributed by atoms with E-state index in [1.165, 1.54) is 22.7 Å². The molecule has 23 heavy (non-hydrogen) atoms. The molecule has 1 atom stereocenters. The Hall–Kier alpha value is -1.80. The lowest BCUT2D eigenvalue weighted by molar-refractivity contribution is -0.118. The maximum Gasteiger partial charge on any atom is 0.262 e. The number of rotatable bonds is 6. The fourth-order valence-corrected chi connectivity index (χ4v) is 3.66. The van der Waals surface area contributed by atoms with E-state index in [0.717, 1.165) is 17.8 Å². The van der Waals surface area contributed by atoms with Gasteiger partial charge in [0.2, 0.25) is 11.0 Å². The molecule has 0 aliphatic heterocycles. The number of amides is 2. The van der Waals surface area contributed by atoms with E-state index in [1.54, 1.807) is 6.07 Å². The van der Waals surface area contributed by atoms with Crippen LogP contribution >= 0.6 is 22.7 Å². The summed E-state index contributed by atoms with van der Waals surface area (Å²) in [6.45, 7) is 3.79. The van der Waals surface area contributed by atoms with Crippen molar-refractivity contribution in [2.24, 2.45) is 5.92 Å². The Kier molecular flexibility index (Phi) is 4.72. The molecule has 2 aromatic rings. The first-order valence-corrected chi connectivity index (χ1v) is 9.23. The molecule has 0 radical (unpaired) electrons. The first-order valence-electron chi connectivity index (χ1n) is 7.53. The molecular weight excluding hydrogens is 332 g/mol. The molecule has 6 nitrogen and oxygen atoms in total. The molecule has 3 rings (SSSR count). The van der Waals surface area contributed by atoms with Crippen molar-refractivity contribution in [2.45, 2.75) is 38.6 Å². The predicted molar refractivity (Wildman–Crippen MR) is 90.9 cm³/mol. The molecule has 0 spiro atoms. The number of nitrogens with one attached hydrogen (secondary N) is 2. The van der Waals surface area contributed by atoms with Crippen LogP contribution in [0.4, 0.5) is 5.13 Å². The van der Waals surface area contributed by atoms with E-state index in [2.05, 4.69) is 20.8 Å². The quantitative estimate of drug-likeness (QED) is 0.839. The van der Waals surface area contributed by atoms with Crippen LogP contribution in [-0.2, 0) is 4.79 Å². The Morgan fingerprint density at radius 2 is 2.09 bits per heavy atom. The van der Waals surface area contributed by atoms with Crippen molar-refractivity contribution in [3.8, 4) is 0 Å². The van der Waals surface area contributed by atoms with Crippen molar-refractivity contribution in [3.05, 3.63) is 27.4 Å². The largest absolute Gasteiger partial charge is 0.339 e. The van der Waals surface area contributed by atoms with Crippen LogP contribution in [0.5, 0.6) is 0 Å². The highest BCUT2D eigenvalue weighted by atomic mass is 32.1. The molecule has 2 N–H and O–H groups in total. The van der Waals surface area contributed by atoms with Gasteiger partial charge in [0.15, 0.2) is 0 Å². The summed E-state index contributed by atoms with van der Waals surface area (Å²) in [4.78, 5) is 25.2. The van der Waals surface area contributed by atoms with E-state index in [-0.39, 0.29) is 17.7 Å². The molecule has 1 aliphatic carbocycles. The van der Waals surface area contributed by atoms with Crippen LogP contribution in [0.2, 0.25) is 0 Å². The Labute approximate surface area is 142 Å². The lowest BCUT2D eigenvalue weighted by Gasteiger charge is -2.20. The molecule has 1 unspecified atom stereocenters. The van der Waals surface area contributed by atoms with Crippen molar-refractivity contribution >= 4 is 39.6 Å². The van der Waals surface area contributed by atoms with Gasteiger partial charge in [0.25, 0.3) is 5.91 Å². The number of aromatic nitrogens is 2. The highest BCUT2D eigenvalue weighted by molar-refractivity contribution is 7.15. The number of thiophene rings is 1. The summed E-state index contributed by atoms with van der Waals surface area (Å²) in [5.74, 6) is -0.0134. The monoisotopic (exact) mass is 350 g/mol. The summed E-state index contributed by atoms with van der Waals surface area (Å²) in [7, 11) is 0. The van der Waals surface area contributed by atoms with Crippen LogP contribution in [0.1, 0.15) is 47.3 Å². The molecule has 122 valence electrons. The van der Waals surface area contributed by atoms with Gasteiger partial charge in [-0.15, -0.1) is 21.5 Å². The van der Waals surface area contributed by atoms with Gasteiger partial charge in [-0.25, -0.2) is 0 Å². The van der Waals surface area contributed by atoms with Gasteiger partial charge in [-0.2, -0.15) is 0 Å². The van der Waals surface area contributed by atoms with Crippen LogP contribution < -0.4 is 10.6 Å². The number of hydrogen-bond acceptors (Lipinski definition) is 6. The summed E-state index contributed by atoms with van der Waals surface area (Å²) >= 11 is 2.76. The summed E-state index contributed by atoms with van der Waals surface area (Å²) in [6.07, 6.45) is 2.29. The van der Waals surface area contributed by atoms with Crippen molar-refractivity contribution < 1.29 is 9.59 Å². The predicted octanol–water partition coefficient (Wildman–Crippen LogP) is 2.87. The summed E-state index contributed by atoms with van der Waals surface area (Å²) in [6, 6.07) is 2.94. The minimum absolute atomic E-state index is 0.0327. The van der Waals surface area contributed by atoms with E-state index in [0.29, 0.717) is 15.9 Å². The normalized spacial score (nSPS) is 15.4. The van der Waals surface area contributed by atoms with E-state index in [9.17, 15) is 9.59 Å². The van der Waals surface area contributed by atoms with Gasteiger partial charge in [-0.1, -0.05) is 31.3 Å². The fraction of sp³-hybridized carbons (Fsp3) is 0.467. The zero-order valence-corrected chi connectivity index (χ0v) is 14.5. The van der Waals surface area contributed by atoms with Crippen molar-refractivity contribution in [1.82, 2.24) is 15.5 Å². The summed E-state index contributed by atoms with van der Waals surface area (Å²) in [5, 5.41) is 17.0. The molecule has 2 heterocycles. The second kappa shape index (κ2) is 6.76. The SMILES string of the molecule is CC(C)C(NC(=O)c1cccs1)C(=O)Nc1nnc(C2CC2)s1. The molecule has 0 saturated heterocycles. The van der Waals surface area contributed by atoms with Crippen LogP contribution in [0.25, 0.3) is 0 Å². The number of hydrogen-bond donors (Lipinski definition) is 2. The highest BCUT2D eigenvalue weighted by Gasteiger charge is 2.29.